The highest BCUT2D eigenvalue weighted by Gasteiger charge is 2.17. The van der Waals surface area contributed by atoms with Gasteiger partial charge in [-0.05, 0) is 61.1 Å². The molecule has 1 N–H and O–H groups in total. The Morgan fingerprint density at radius 2 is 1.80 bits per heavy atom. The number of nitrogens with one attached hydrogen (secondary N) is 1. The maximum Gasteiger partial charge on any atom is 0.260 e. The predicted octanol–water partition coefficient (Wildman–Crippen LogP) is 4.38. The Morgan fingerprint density at radius 3 is 2.44 bits per heavy atom. The van der Waals surface area contributed by atoms with Crippen molar-refractivity contribution < 1.29 is 13.9 Å². The minimum atomic E-state index is -0.576. The largest absolute Gasteiger partial charge is 0.481 e. The van der Waals surface area contributed by atoms with E-state index in [0.29, 0.717) is 18.9 Å². The Labute approximate surface area is 149 Å². The molecule has 2 aromatic rings. The van der Waals surface area contributed by atoms with Crippen LogP contribution in [0.15, 0.2) is 42.5 Å². The summed E-state index contributed by atoms with van der Waals surface area (Å²) in [6, 6.07) is 12.4. The van der Waals surface area contributed by atoms with E-state index in [9.17, 15) is 9.18 Å². The summed E-state index contributed by atoms with van der Waals surface area (Å²) in [7, 11) is 0. The van der Waals surface area contributed by atoms with Crippen molar-refractivity contribution in [3.63, 3.8) is 0 Å². The summed E-state index contributed by atoms with van der Waals surface area (Å²) in [5.41, 5.74) is 3.18. The molecule has 134 valence electrons. The molecule has 0 aliphatic carbocycles. The summed E-state index contributed by atoms with van der Waals surface area (Å²) in [6.45, 7) is 8.45. The first-order chi connectivity index (χ1) is 11.9. The Morgan fingerprint density at radius 1 is 1.12 bits per heavy atom. The van der Waals surface area contributed by atoms with Crippen LogP contribution >= 0.6 is 0 Å². The lowest BCUT2D eigenvalue weighted by Crippen LogP contribution is -2.37. The summed E-state index contributed by atoms with van der Waals surface area (Å²) in [5.74, 6) is 0.674. The molecule has 2 rings (SSSR count). The van der Waals surface area contributed by atoms with Crippen molar-refractivity contribution in [3.05, 3.63) is 65.0 Å². The fraction of sp³-hybridized carbons (Fsp3) is 0.381. The molecule has 0 spiro atoms. The van der Waals surface area contributed by atoms with Crippen molar-refractivity contribution in [2.45, 2.75) is 46.1 Å². The zero-order valence-corrected chi connectivity index (χ0v) is 15.3. The van der Waals surface area contributed by atoms with Crippen LogP contribution in [0.4, 0.5) is 4.39 Å². The molecule has 0 radical (unpaired) electrons. The molecule has 0 aliphatic rings. The lowest BCUT2D eigenvalue weighted by atomic mass is 10.0. The van der Waals surface area contributed by atoms with Gasteiger partial charge in [-0.3, -0.25) is 4.79 Å². The van der Waals surface area contributed by atoms with Gasteiger partial charge in [0.1, 0.15) is 11.6 Å². The monoisotopic (exact) mass is 343 g/mol. The minimum Gasteiger partial charge on any atom is -0.481 e. The van der Waals surface area contributed by atoms with Gasteiger partial charge in [-0.2, -0.15) is 0 Å². The number of benzene rings is 2. The summed E-state index contributed by atoms with van der Waals surface area (Å²) in [5, 5.41) is 2.87. The smallest absolute Gasteiger partial charge is 0.260 e. The predicted molar refractivity (Wildman–Crippen MR) is 98.5 cm³/mol. The van der Waals surface area contributed by atoms with Crippen LogP contribution in [-0.2, 0) is 11.2 Å². The molecule has 0 saturated heterocycles. The van der Waals surface area contributed by atoms with Crippen molar-refractivity contribution >= 4 is 5.91 Å². The number of rotatable bonds is 7. The molecule has 0 heterocycles. The van der Waals surface area contributed by atoms with Crippen molar-refractivity contribution in [2.24, 2.45) is 0 Å². The summed E-state index contributed by atoms with van der Waals surface area (Å²) >= 11 is 0. The lowest BCUT2D eigenvalue weighted by molar-refractivity contribution is -0.127. The fourth-order valence-electron chi connectivity index (χ4n) is 2.59. The molecule has 0 aromatic heterocycles. The second kappa shape index (κ2) is 8.65. The number of hydrogen-bond acceptors (Lipinski definition) is 2. The van der Waals surface area contributed by atoms with E-state index in [-0.39, 0.29) is 11.7 Å². The normalized spacial score (nSPS) is 12.1. The molecule has 0 bridgehead atoms. The number of ether oxygens (including phenoxy) is 1. The van der Waals surface area contributed by atoms with Gasteiger partial charge in [0.2, 0.25) is 0 Å². The minimum absolute atomic E-state index is 0.154. The van der Waals surface area contributed by atoms with Gasteiger partial charge in [0, 0.05) is 6.54 Å². The van der Waals surface area contributed by atoms with Crippen molar-refractivity contribution in [2.75, 3.05) is 6.54 Å². The number of amides is 1. The average molecular weight is 343 g/mol. The summed E-state index contributed by atoms with van der Waals surface area (Å²) in [4.78, 5) is 12.3. The second-order valence-electron chi connectivity index (χ2n) is 6.62. The molecule has 0 unspecified atom stereocenters. The Bertz CT molecular complexity index is 710. The molecule has 0 fully saturated rings. The van der Waals surface area contributed by atoms with Gasteiger partial charge in [-0.15, -0.1) is 0 Å². The topological polar surface area (TPSA) is 38.3 Å². The van der Waals surface area contributed by atoms with Gasteiger partial charge in [-0.25, -0.2) is 4.39 Å². The number of carbonyl (C=O) groups is 1. The lowest BCUT2D eigenvalue weighted by Gasteiger charge is -2.19. The van der Waals surface area contributed by atoms with Crippen LogP contribution in [0, 0.1) is 12.7 Å². The highest BCUT2D eigenvalue weighted by molar-refractivity contribution is 5.80. The summed E-state index contributed by atoms with van der Waals surface area (Å²) in [6.07, 6.45) is 0.0768. The number of halogens is 1. The van der Waals surface area contributed by atoms with Crippen molar-refractivity contribution in [1.82, 2.24) is 5.32 Å². The van der Waals surface area contributed by atoms with E-state index in [1.165, 1.54) is 12.1 Å². The van der Waals surface area contributed by atoms with E-state index in [0.717, 1.165) is 22.4 Å². The molecule has 0 saturated carbocycles. The van der Waals surface area contributed by atoms with Crippen LogP contribution in [-0.4, -0.2) is 18.6 Å². The van der Waals surface area contributed by atoms with Gasteiger partial charge < -0.3 is 10.1 Å². The van der Waals surface area contributed by atoms with E-state index >= 15 is 0 Å². The third-order valence-corrected chi connectivity index (χ3v) is 4.09. The highest BCUT2D eigenvalue weighted by atomic mass is 19.1. The molecule has 1 amide bonds. The molecular weight excluding hydrogens is 317 g/mol. The SMILES string of the molecule is Cc1ccc(C(C)C)c(O[C@H](C)C(=O)NCCc2ccc(F)cc2)c1. The number of aryl methyl sites for hydroxylation is 1. The Balaban J connectivity index is 1.90. The van der Waals surface area contributed by atoms with Gasteiger partial charge in [0.15, 0.2) is 6.10 Å². The number of carbonyl (C=O) groups excluding carboxylic acids is 1. The first kappa shape index (κ1) is 19.0. The highest BCUT2D eigenvalue weighted by Crippen LogP contribution is 2.28. The Kier molecular flexibility index (Phi) is 6.57. The zero-order valence-electron chi connectivity index (χ0n) is 15.3. The Hall–Kier alpha value is -2.36. The third-order valence-electron chi connectivity index (χ3n) is 4.09. The van der Waals surface area contributed by atoms with Gasteiger partial charge in [-0.1, -0.05) is 38.1 Å². The summed E-state index contributed by atoms with van der Waals surface area (Å²) < 4.78 is 18.8. The molecule has 25 heavy (non-hydrogen) atoms. The van der Waals surface area contributed by atoms with Crippen molar-refractivity contribution in [3.8, 4) is 5.75 Å². The van der Waals surface area contributed by atoms with Crippen LogP contribution in [0.5, 0.6) is 5.75 Å². The first-order valence-corrected chi connectivity index (χ1v) is 8.66. The molecule has 3 nitrogen and oxygen atoms in total. The van der Waals surface area contributed by atoms with Crippen LogP contribution in [0.2, 0.25) is 0 Å². The van der Waals surface area contributed by atoms with E-state index in [4.69, 9.17) is 4.74 Å². The fourth-order valence-corrected chi connectivity index (χ4v) is 2.59. The maximum atomic E-state index is 12.9. The molecule has 1 atom stereocenters. The average Bonchev–Trinajstić information content (AvgIpc) is 2.56. The van der Waals surface area contributed by atoms with E-state index in [1.807, 2.05) is 13.0 Å². The van der Waals surface area contributed by atoms with Gasteiger partial charge in [0.05, 0.1) is 0 Å². The van der Waals surface area contributed by atoms with Gasteiger partial charge in [0.25, 0.3) is 5.91 Å². The van der Waals surface area contributed by atoms with Crippen LogP contribution in [0.3, 0.4) is 0 Å². The maximum absolute atomic E-state index is 12.9. The molecule has 4 heteroatoms. The third kappa shape index (κ3) is 5.59. The second-order valence-corrected chi connectivity index (χ2v) is 6.62. The molecule has 2 aromatic carbocycles. The van der Waals surface area contributed by atoms with E-state index in [1.54, 1.807) is 19.1 Å². The number of hydrogen-bond donors (Lipinski definition) is 1. The van der Waals surface area contributed by atoms with Crippen LogP contribution in [0.1, 0.15) is 43.4 Å². The van der Waals surface area contributed by atoms with Crippen LogP contribution < -0.4 is 10.1 Å². The quantitative estimate of drug-likeness (QED) is 0.810. The van der Waals surface area contributed by atoms with Crippen LogP contribution in [0.25, 0.3) is 0 Å². The van der Waals surface area contributed by atoms with Crippen molar-refractivity contribution in [1.29, 1.82) is 0 Å². The van der Waals surface area contributed by atoms with Gasteiger partial charge >= 0.3 is 0 Å². The zero-order chi connectivity index (χ0) is 18.4. The van der Waals surface area contributed by atoms with E-state index < -0.39 is 6.10 Å². The first-order valence-electron chi connectivity index (χ1n) is 8.66. The molecule has 0 aliphatic heterocycles. The molecular formula is C21H26FNO2. The standard InChI is InChI=1S/C21H26FNO2/c1-14(2)19-10-5-15(3)13-20(19)25-16(4)21(24)23-12-11-17-6-8-18(22)9-7-17/h5-10,13-14,16H,11-12H2,1-4H3,(H,23,24)/t16-/m1/s1. The van der Waals surface area contributed by atoms with E-state index in [2.05, 4.69) is 31.3 Å².